The molecule has 2 rings (SSSR count). The third-order valence-corrected chi connectivity index (χ3v) is 5.35. The number of piperidine rings is 1. The largest absolute Gasteiger partial charge is 0.480 e. The zero-order chi connectivity index (χ0) is 14.8. The predicted molar refractivity (Wildman–Crippen MR) is 75.0 cm³/mol. The van der Waals surface area contributed by atoms with E-state index >= 15 is 0 Å². The molecule has 0 radical (unpaired) electrons. The quantitative estimate of drug-likeness (QED) is 0.694. The van der Waals surface area contributed by atoms with Gasteiger partial charge < -0.3 is 10.4 Å². The van der Waals surface area contributed by atoms with Gasteiger partial charge in [0.15, 0.2) is 0 Å². The fourth-order valence-electron chi connectivity index (χ4n) is 3.02. The molecule has 2 unspecified atom stereocenters. The summed E-state index contributed by atoms with van der Waals surface area (Å²) in [4.78, 5) is 13.2. The molecule has 0 aliphatic carbocycles. The highest BCUT2D eigenvalue weighted by molar-refractivity contribution is 7.88. The maximum atomic E-state index is 11.6. The molecule has 0 aromatic heterocycles. The van der Waals surface area contributed by atoms with E-state index in [4.69, 9.17) is 0 Å². The van der Waals surface area contributed by atoms with Gasteiger partial charge in [-0.2, -0.15) is 0 Å². The van der Waals surface area contributed by atoms with E-state index in [2.05, 4.69) is 5.32 Å². The minimum Gasteiger partial charge on any atom is -0.480 e. The summed E-state index contributed by atoms with van der Waals surface area (Å²) in [7, 11) is -3.14. The molecule has 8 heteroatoms. The van der Waals surface area contributed by atoms with Gasteiger partial charge in [-0.1, -0.05) is 0 Å². The first-order valence-electron chi connectivity index (χ1n) is 7.00. The number of carboxylic acids is 1. The second-order valence-electron chi connectivity index (χ2n) is 5.68. The summed E-state index contributed by atoms with van der Waals surface area (Å²) in [5, 5.41) is 12.3. The van der Waals surface area contributed by atoms with Gasteiger partial charge in [-0.05, 0) is 18.8 Å². The normalized spacial score (nSPS) is 30.2. The molecule has 2 aliphatic rings. The van der Waals surface area contributed by atoms with Crippen LogP contribution in [0.25, 0.3) is 0 Å². The van der Waals surface area contributed by atoms with E-state index in [1.54, 1.807) is 0 Å². The summed E-state index contributed by atoms with van der Waals surface area (Å²) in [6, 6.07) is -0.502. The second-order valence-corrected chi connectivity index (χ2v) is 7.66. The minimum atomic E-state index is -3.14. The van der Waals surface area contributed by atoms with E-state index in [0.29, 0.717) is 32.7 Å². The van der Waals surface area contributed by atoms with Gasteiger partial charge in [-0.25, -0.2) is 12.7 Å². The monoisotopic (exact) mass is 305 g/mol. The van der Waals surface area contributed by atoms with Crippen LogP contribution in [0.5, 0.6) is 0 Å². The Morgan fingerprint density at radius 3 is 2.80 bits per heavy atom. The van der Waals surface area contributed by atoms with Gasteiger partial charge in [-0.15, -0.1) is 0 Å². The van der Waals surface area contributed by atoms with E-state index in [0.717, 1.165) is 19.4 Å². The molecule has 116 valence electrons. The van der Waals surface area contributed by atoms with Crippen LogP contribution in [0.2, 0.25) is 0 Å². The zero-order valence-electron chi connectivity index (χ0n) is 11.8. The van der Waals surface area contributed by atoms with Crippen LogP contribution < -0.4 is 5.32 Å². The van der Waals surface area contributed by atoms with E-state index in [9.17, 15) is 18.3 Å². The van der Waals surface area contributed by atoms with Gasteiger partial charge in [0.2, 0.25) is 10.0 Å². The molecule has 0 amide bonds. The van der Waals surface area contributed by atoms with Crippen molar-refractivity contribution in [2.75, 3.05) is 45.5 Å². The van der Waals surface area contributed by atoms with Crippen LogP contribution >= 0.6 is 0 Å². The molecule has 0 spiro atoms. The first-order valence-corrected chi connectivity index (χ1v) is 8.85. The van der Waals surface area contributed by atoms with Gasteiger partial charge in [0.1, 0.15) is 6.04 Å². The average Bonchev–Trinajstić information content (AvgIpc) is 2.38. The number of carboxylic acid groups (broad SMARTS) is 1. The Balaban J connectivity index is 1.96. The van der Waals surface area contributed by atoms with Gasteiger partial charge in [0.25, 0.3) is 0 Å². The fourth-order valence-corrected chi connectivity index (χ4v) is 3.96. The Labute approximate surface area is 120 Å². The van der Waals surface area contributed by atoms with Crippen LogP contribution in [0.15, 0.2) is 0 Å². The van der Waals surface area contributed by atoms with Gasteiger partial charge in [0, 0.05) is 39.3 Å². The molecule has 0 aromatic carbocycles. The van der Waals surface area contributed by atoms with Crippen LogP contribution in [0.1, 0.15) is 12.8 Å². The lowest BCUT2D eigenvalue weighted by Gasteiger charge is -2.38. The third-order valence-electron chi connectivity index (χ3n) is 4.08. The summed E-state index contributed by atoms with van der Waals surface area (Å²) in [5.41, 5.74) is 0. The number of sulfonamides is 1. The van der Waals surface area contributed by atoms with E-state index in [-0.39, 0.29) is 5.92 Å². The van der Waals surface area contributed by atoms with E-state index in [1.165, 1.54) is 10.6 Å². The van der Waals surface area contributed by atoms with Crippen LogP contribution in [0.3, 0.4) is 0 Å². The Bertz CT molecular complexity index is 454. The van der Waals surface area contributed by atoms with Crippen molar-refractivity contribution in [1.29, 1.82) is 0 Å². The summed E-state index contributed by atoms with van der Waals surface area (Å²) in [5.74, 6) is -0.591. The van der Waals surface area contributed by atoms with Crippen LogP contribution in [-0.4, -0.2) is 80.3 Å². The third kappa shape index (κ3) is 3.91. The zero-order valence-corrected chi connectivity index (χ0v) is 12.6. The summed E-state index contributed by atoms with van der Waals surface area (Å²) >= 11 is 0. The van der Waals surface area contributed by atoms with Gasteiger partial charge in [0.05, 0.1) is 6.26 Å². The van der Waals surface area contributed by atoms with Crippen molar-refractivity contribution in [3.05, 3.63) is 0 Å². The number of rotatable bonds is 4. The molecule has 2 aliphatic heterocycles. The summed E-state index contributed by atoms with van der Waals surface area (Å²) < 4.78 is 24.7. The molecule has 2 saturated heterocycles. The molecule has 2 N–H and O–H groups in total. The molecule has 0 bridgehead atoms. The van der Waals surface area contributed by atoms with Gasteiger partial charge >= 0.3 is 5.97 Å². The molecule has 0 aromatic rings. The van der Waals surface area contributed by atoms with Crippen LogP contribution in [-0.2, 0) is 14.8 Å². The average molecular weight is 305 g/mol. The SMILES string of the molecule is CS(=O)(=O)N1CCCC(CN2CCNCC2C(=O)O)C1. The lowest BCUT2D eigenvalue weighted by atomic mass is 9.98. The minimum absolute atomic E-state index is 0.221. The summed E-state index contributed by atoms with van der Waals surface area (Å²) in [6.07, 6.45) is 3.05. The van der Waals surface area contributed by atoms with Gasteiger partial charge in [-0.3, -0.25) is 9.69 Å². The van der Waals surface area contributed by atoms with Crippen molar-refractivity contribution in [3.63, 3.8) is 0 Å². The topological polar surface area (TPSA) is 90.0 Å². The maximum Gasteiger partial charge on any atom is 0.322 e. The van der Waals surface area contributed by atoms with Crippen LogP contribution in [0, 0.1) is 5.92 Å². The molecular formula is C12H23N3O4S. The number of hydrogen-bond donors (Lipinski definition) is 2. The highest BCUT2D eigenvalue weighted by Crippen LogP contribution is 2.21. The smallest absolute Gasteiger partial charge is 0.322 e. The van der Waals surface area contributed by atoms with Crippen molar-refractivity contribution in [2.24, 2.45) is 5.92 Å². The van der Waals surface area contributed by atoms with Crippen LogP contribution in [0.4, 0.5) is 0 Å². The number of piperazine rings is 1. The maximum absolute atomic E-state index is 11.6. The van der Waals surface area contributed by atoms with Crippen molar-refractivity contribution in [2.45, 2.75) is 18.9 Å². The molecule has 2 fully saturated rings. The first kappa shape index (κ1) is 15.7. The molecule has 0 saturated carbocycles. The highest BCUT2D eigenvalue weighted by Gasteiger charge is 2.32. The van der Waals surface area contributed by atoms with E-state index < -0.39 is 22.0 Å². The number of nitrogens with zero attached hydrogens (tertiary/aromatic N) is 2. The molecule has 2 atom stereocenters. The molecule has 2 heterocycles. The molecule has 7 nitrogen and oxygen atoms in total. The first-order chi connectivity index (χ1) is 9.38. The highest BCUT2D eigenvalue weighted by atomic mass is 32.2. The number of nitrogens with one attached hydrogen (secondary N) is 1. The van der Waals surface area contributed by atoms with Crippen molar-refractivity contribution < 1.29 is 18.3 Å². The van der Waals surface area contributed by atoms with Crippen molar-refractivity contribution in [3.8, 4) is 0 Å². The van der Waals surface area contributed by atoms with Crippen molar-refractivity contribution in [1.82, 2.24) is 14.5 Å². The Hall–Kier alpha value is -0.700. The molecular weight excluding hydrogens is 282 g/mol. The second kappa shape index (κ2) is 6.38. The predicted octanol–water partition coefficient (Wildman–Crippen LogP) is -0.984. The number of carbonyl (C=O) groups is 1. The standard InChI is InChI=1S/C12H23N3O4S/c1-20(18,19)15-5-2-3-10(9-15)8-14-6-4-13-7-11(14)12(16)17/h10-11,13H,2-9H2,1H3,(H,16,17). The number of aliphatic carboxylic acids is 1. The summed E-state index contributed by atoms with van der Waals surface area (Å²) in [6.45, 7) is 3.69. The Kier molecular flexibility index (Phi) is 5.00. The number of hydrogen-bond acceptors (Lipinski definition) is 5. The van der Waals surface area contributed by atoms with E-state index in [1.807, 2.05) is 4.90 Å². The Morgan fingerprint density at radius 2 is 2.15 bits per heavy atom. The lowest BCUT2D eigenvalue weighted by Crippen LogP contribution is -2.57. The van der Waals surface area contributed by atoms with Crippen molar-refractivity contribution >= 4 is 16.0 Å². The fraction of sp³-hybridized carbons (Fsp3) is 0.917. The lowest BCUT2D eigenvalue weighted by molar-refractivity contribution is -0.144. The Morgan fingerprint density at radius 1 is 1.40 bits per heavy atom. The molecule has 20 heavy (non-hydrogen) atoms.